The molecular formula is C14H28N2O9S2-2. The van der Waals surface area contributed by atoms with Crippen molar-refractivity contribution in [3.63, 3.8) is 0 Å². The average molecular weight is 433 g/mol. The molecule has 0 saturated heterocycles. The molecule has 1 N–H and O–H groups in total. The van der Waals surface area contributed by atoms with Crippen LogP contribution < -0.4 is 5.32 Å². The lowest BCUT2D eigenvalue weighted by Gasteiger charge is -2.23. The maximum absolute atomic E-state index is 10.6. The number of nitrogens with zero attached hydrogens (tertiary/aromatic N) is 1. The molecule has 0 spiro atoms. The van der Waals surface area contributed by atoms with Crippen LogP contribution in [0.2, 0.25) is 0 Å². The van der Waals surface area contributed by atoms with Crippen molar-refractivity contribution in [2.45, 2.75) is 19.8 Å². The molecule has 0 fully saturated rings. The first kappa shape index (κ1) is 26.2. The predicted molar refractivity (Wildman–Crippen MR) is 95.1 cm³/mol. The largest absolute Gasteiger partial charge is 0.748 e. The second kappa shape index (κ2) is 14.2. The highest BCUT2D eigenvalue weighted by Crippen LogP contribution is 1.99. The van der Waals surface area contributed by atoms with Crippen molar-refractivity contribution >= 4 is 26.1 Å². The Hall–Kier alpha value is -0.830. The fourth-order valence-electron chi connectivity index (χ4n) is 2.08. The molecule has 0 aromatic heterocycles. The SMILES string of the molecule is CC(=O)NCCOCCOCCN(CCCS(=O)(=O)[O-])CCCS(=O)(=O)[O-]. The van der Waals surface area contributed by atoms with E-state index in [1.807, 2.05) is 0 Å². The fourth-order valence-corrected chi connectivity index (χ4v) is 3.05. The zero-order valence-corrected chi connectivity index (χ0v) is 17.1. The third-order valence-electron chi connectivity index (χ3n) is 3.28. The maximum Gasteiger partial charge on any atom is 0.216 e. The van der Waals surface area contributed by atoms with Crippen LogP contribution in [-0.2, 0) is 34.5 Å². The van der Waals surface area contributed by atoms with Gasteiger partial charge in [-0.15, -0.1) is 0 Å². The molecule has 0 saturated carbocycles. The maximum atomic E-state index is 10.6. The lowest BCUT2D eigenvalue weighted by Crippen LogP contribution is -2.32. The molecule has 0 heterocycles. The highest BCUT2D eigenvalue weighted by atomic mass is 32.2. The third-order valence-corrected chi connectivity index (χ3v) is 4.86. The summed E-state index contributed by atoms with van der Waals surface area (Å²) in [6, 6.07) is 0. The molecule has 162 valence electrons. The number of hydrogen-bond acceptors (Lipinski definition) is 10. The van der Waals surface area contributed by atoms with E-state index >= 15 is 0 Å². The van der Waals surface area contributed by atoms with Gasteiger partial charge in [-0.25, -0.2) is 16.8 Å². The van der Waals surface area contributed by atoms with Crippen LogP contribution in [0.4, 0.5) is 0 Å². The van der Waals surface area contributed by atoms with E-state index < -0.39 is 31.7 Å². The third kappa shape index (κ3) is 21.3. The van der Waals surface area contributed by atoms with Crippen molar-refractivity contribution in [3.8, 4) is 0 Å². The van der Waals surface area contributed by atoms with E-state index in [9.17, 15) is 30.7 Å². The van der Waals surface area contributed by atoms with Gasteiger partial charge in [0, 0.05) is 31.5 Å². The topological polar surface area (TPSA) is 165 Å². The highest BCUT2D eigenvalue weighted by Gasteiger charge is 2.07. The van der Waals surface area contributed by atoms with Gasteiger partial charge in [0.1, 0.15) is 0 Å². The van der Waals surface area contributed by atoms with Gasteiger partial charge in [0.2, 0.25) is 5.91 Å². The van der Waals surface area contributed by atoms with E-state index in [0.29, 0.717) is 39.5 Å². The Bertz CT molecular complexity index is 570. The molecule has 0 unspecified atom stereocenters. The fraction of sp³-hybridized carbons (Fsp3) is 0.929. The molecule has 0 atom stereocenters. The van der Waals surface area contributed by atoms with Crippen LogP contribution in [0.5, 0.6) is 0 Å². The zero-order chi connectivity index (χ0) is 20.8. The second-order valence-corrected chi connectivity index (χ2v) is 8.83. The number of hydrogen-bond donors (Lipinski definition) is 1. The van der Waals surface area contributed by atoms with Crippen molar-refractivity contribution in [1.29, 1.82) is 0 Å². The second-order valence-electron chi connectivity index (χ2n) is 5.78. The Morgan fingerprint density at radius 2 is 1.33 bits per heavy atom. The summed E-state index contributed by atoms with van der Waals surface area (Å²) in [6.07, 6.45) is 0.227. The van der Waals surface area contributed by atoms with E-state index in [2.05, 4.69) is 5.32 Å². The quantitative estimate of drug-likeness (QED) is 0.207. The van der Waals surface area contributed by atoms with Crippen molar-refractivity contribution in [2.24, 2.45) is 0 Å². The summed E-state index contributed by atoms with van der Waals surface area (Å²) in [5.74, 6) is -1.15. The molecule has 0 aromatic rings. The Morgan fingerprint density at radius 3 is 1.78 bits per heavy atom. The number of carbonyl (C=O) groups is 1. The monoisotopic (exact) mass is 432 g/mol. The van der Waals surface area contributed by atoms with Crippen LogP contribution in [0.25, 0.3) is 0 Å². The van der Waals surface area contributed by atoms with E-state index in [-0.39, 0.29) is 31.8 Å². The number of ether oxygens (including phenoxy) is 2. The minimum atomic E-state index is -4.31. The highest BCUT2D eigenvalue weighted by molar-refractivity contribution is 7.85. The Morgan fingerprint density at radius 1 is 0.852 bits per heavy atom. The van der Waals surface area contributed by atoms with Crippen molar-refractivity contribution in [3.05, 3.63) is 0 Å². The Labute approximate surface area is 160 Å². The molecule has 1 amide bonds. The van der Waals surface area contributed by atoms with E-state index in [1.165, 1.54) is 6.92 Å². The van der Waals surface area contributed by atoms with Gasteiger partial charge < -0.3 is 28.8 Å². The van der Waals surface area contributed by atoms with Gasteiger partial charge in [-0.05, 0) is 25.9 Å². The first-order chi connectivity index (χ1) is 12.5. The Balaban J connectivity index is 3.98. The van der Waals surface area contributed by atoms with Crippen LogP contribution >= 0.6 is 0 Å². The molecule has 0 aromatic carbocycles. The molecule has 0 aliphatic carbocycles. The number of rotatable bonds is 17. The minimum absolute atomic E-state index is 0.113. The van der Waals surface area contributed by atoms with Crippen molar-refractivity contribution < 1.29 is 40.2 Å². The summed E-state index contributed by atoms with van der Waals surface area (Å²) in [5.41, 5.74) is 0. The minimum Gasteiger partial charge on any atom is -0.748 e. The number of carbonyl (C=O) groups excluding carboxylic acids is 1. The molecule has 27 heavy (non-hydrogen) atoms. The first-order valence-electron chi connectivity index (χ1n) is 8.49. The molecule has 0 aliphatic heterocycles. The summed E-state index contributed by atoms with van der Waals surface area (Å²) in [5, 5.41) is 2.58. The molecular weight excluding hydrogens is 404 g/mol. The van der Waals surface area contributed by atoms with Gasteiger partial charge in [-0.1, -0.05) is 0 Å². The first-order valence-corrected chi connectivity index (χ1v) is 11.6. The summed E-state index contributed by atoms with van der Waals surface area (Å²) in [7, 11) is -8.61. The summed E-state index contributed by atoms with van der Waals surface area (Å²) < 4.78 is 74.5. The number of amides is 1. The van der Waals surface area contributed by atoms with Crippen LogP contribution in [-0.4, -0.2) is 101 Å². The van der Waals surface area contributed by atoms with Crippen LogP contribution in [0.3, 0.4) is 0 Å². The van der Waals surface area contributed by atoms with Gasteiger partial charge in [-0.2, -0.15) is 0 Å². The summed E-state index contributed by atoms with van der Waals surface area (Å²) in [4.78, 5) is 12.4. The van der Waals surface area contributed by atoms with Gasteiger partial charge >= 0.3 is 0 Å². The molecule has 0 aliphatic rings. The molecule has 11 nitrogen and oxygen atoms in total. The van der Waals surface area contributed by atoms with Crippen molar-refractivity contribution in [1.82, 2.24) is 10.2 Å². The van der Waals surface area contributed by atoms with E-state index in [4.69, 9.17) is 9.47 Å². The number of nitrogens with one attached hydrogen (secondary N) is 1. The Kier molecular flexibility index (Phi) is 13.8. The zero-order valence-electron chi connectivity index (χ0n) is 15.4. The summed E-state index contributed by atoms with van der Waals surface area (Å²) in [6.45, 7) is 4.08. The van der Waals surface area contributed by atoms with Crippen LogP contribution in [0.15, 0.2) is 0 Å². The van der Waals surface area contributed by atoms with Gasteiger partial charge in [0.05, 0.1) is 46.7 Å². The van der Waals surface area contributed by atoms with Gasteiger partial charge in [0.15, 0.2) is 0 Å². The predicted octanol–water partition coefficient (Wildman–Crippen LogP) is -1.67. The molecule has 0 rings (SSSR count). The average Bonchev–Trinajstić information content (AvgIpc) is 2.50. The van der Waals surface area contributed by atoms with Crippen LogP contribution in [0.1, 0.15) is 19.8 Å². The van der Waals surface area contributed by atoms with E-state index in [0.717, 1.165) is 0 Å². The van der Waals surface area contributed by atoms with E-state index in [1.54, 1.807) is 4.90 Å². The molecule has 0 bridgehead atoms. The van der Waals surface area contributed by atoms with Gasteiger partial charge in [0.25, 0.3) is 0 Å². The van der Waals surface area contributed by atoms with Crippen molar-refractivity contribution in [2.75, 3.05) is 64.1 Å². The van der Waals surface area contributed by atoms with Gasteiger partial charge in [-0.3, -0.25) is 4.79 Å². The lowest BCUT2D eigenvalue weighted by molar-refractivity contribution is -0.119. The smallest absolute Gasteiger partial charge is 0.216 e. The standard InChI is InChI=1S/C14H30N2O9S2/c1-14(17)15-4-8-24-10-11-25-9-7-16(5-2-12-26(18,19)20)6-3-13-27(21,22)23/h2-13H2,1H3,(H,15,17)(H,18,19,20)(H,21,22,23)/p-2. The van der Waals surface area contributed by atoms with Crippen LogP contribution in [0, 0.1) is 0 Å². The summed E-state index contributed by atoms with van der Waals surface area (Å²) >= 11 is 0. The molecule has 0 radical (unpaired) electrons. The molecule has 13 heteroatoms. The normalized spacial score (nSPS) is 12.4. The lowest BCUT2D eigenvalue weighted by atomic mass is 10.3.